The van der Waals surface area contributed by atoms with Crippen LogP contribution in [0.3, 0.4) is 0 Å². The van der Waals surface area contributed by atoms with Crippen molar-refractivity contribution >= 4 is 23.5 Å². The number of nitrogens with two attached hydrogens (primary N) is 1. The van der Waals surface area contributed by atoms with Crippen molar-refractivity contribution in [1.29, 1.82) is 0 Å². The van der Waals surface area contributed by atoms with Gasteiger partial charge in [-0.2, -0.15) is 0 Å². The summed E-state index contributed by atoms with van der Waals surface area (Å²) in [4.78, 5) is 30.5. The Hall–Kier alpha value is -2.44. The first kappa shape index (κ1) is 21.3. The van der Waals surface area contributed by atoms with Gasteiger partial charge in [0.2, 0.25) is 5.91 Å². The molecule has 154 valence electrons. The van der Waals surface area contributed by atoms with Crippen LogP contribution in [0.25, 0.3) is 0 Å². The van der Waals surface area contributed by atoms with Crippen molar-refractivity contribution in [2.24, 2.45) is 11.7 Å². The third-order valence-corrected chi connectivity index (χ3v) is 5.59. The topological polar surface area (TPSA) is 96.5 Å². The van der Waals surface area contributed by atoms with E-state index in [0.717, 1.165) is 18.4 Å². The van der Waals surface area contributed by atoms with E-state index in [2.05, 4.69) is 4.98 Å². The minimum absolute atomic E-state index is 0.163. The average Bonchev–Trinajstić information content (AvgIpc) is 2.69. The van der Waals surface area contributed by atoms with E-state index in [9.17, 15) is 14.7 Å². The highest BCUT2D eigenvalue weighted by Gasteiger charge is 2.36. The first-order chi connectivity index (χ1) is 13.8. The molecule has 1 saturated heterocycles. The van der Waals surface area contributed by atoms with Gasteiger partial charge >= 0.3 is 5.97 Å². The summed E-state index contributed by atoms with van der Waals surface area (Å²) in [5.41, 5.74) is 7.90. The Morgan fingerprint density at radius 2 is 2.00 bits per heavy atom. The molecule has 1 aliphatic heterocycles. The fourth-order valence-electron chi connectivity index (χ4n) is 3.99. The second-order valence-corrected chi connectivity index (χ2v) is 8.29. The van der Waals surface area contributed by atoms with Gasteiger partial charge in [0.25, 0.3) is 0 Å². The van der Waals surface area contributed by atoms with Crippen molar-refractivity contribution in [2.45, 2.75) is 37.6 Å². The van der Waals surface area contributed by atoms with Gasteiger partial charge < -0.3 is 15.7 Å². The number of amides is 1. The highest BCUT2D eigenvalue weighted by atomic mass is 35.5. The van der Waals surface area contributed by atoms with E-state index in [1.807, 2.05) is 36.4 Å². The molecule has 0 bridgehead atoms. The van der Waals surface area contributed by atoms with Crippen LogP contribution in [0.2, 0.25) is 5.02 Å². The standard InChI is InChI=1S/C22H26ClN3O3/c23-18-7-5-16(6-8-18)14-22(24)9-3-11-26(15-22)21(29)17(13-20(27)28)12-19-4-1-2-10-25-19/h1-2,4-8,10,17H,3,9,11-15,24H2,(H,27,28)/t17-,22-/m1/s1. The molecule has 0 aliphatic carbocycles. The number of hydrogen-bond donors (Lipinski definition) is 2. The summed E-state index contributed by atoms with van der Waals surface area (Å²) < 4.78 is 0. The minimum Gasteiger partial charge on any atom is -0.481 e. The van der Waals surface area contributed by atoms with E-state index in [1.54, 1.807) is 17.2 Å². The molecule has 0 radical (unpaired) electrons. The molecule has 1 aliphatic rings. The molecule has 1 fully saturated rings. The minimum atomic E-state index is -0.989. The number of piperidine rings is 1. The van der Waals surface area contributed by atoms with Gasteiger partial charge in [0, 0.05) is 42.0 Å². The number of benzene rings is 1. The lowest BCUT2D eigenvalue weighted by atomic mass is 9.83. The Balaban J connectivity index is 1.71. The molecule has 1 aromatic heterocycles. The number of likely N-dealkylation sites (tertiary alicyclic amines) is 1. The van der Waals surface area contributed by atoms with Gasteiger partial charge in [-0.05, 0) is 49.1 Å². The Morgan fingerprint density at radius 3 is 2.66 bits per heavy atom. The summed E-state index contributed by atoms with van der Waals surface area (Å²) in [6, 6.07) is 13.0. The number of carboxylic acid groups (broad SMARTS) is 1. The summed E-state index contributed by atoms with van der Waals surface area (Å²) in [5.74, 6) is -1.81. The number of pyridine rings is 1. The van der Waals surface area contributed by atoms with Crippen molar-refractivity contribution in [1.82, 2.24) is 9.88 Å². The van der Waals surface area contributed by atoms with Crippen molar-refractivity contribution in [3.63, 3.8) is 0 Å². The number of carbonyl (C=O) groups is 2. The number of carboxylic acids is 1. The van der Waals surface area contributed by atoms with E-state index < -0.39 is 17.4 Å². The van der Waals surface area contributed by atoms with Crippen molar-refractivity contribution in [3.8, 4) is 0 Å². The number of halogens is 1. The molecule has 0 unspecified atom stereocenters. The second kappa shape index (κ2) is 9.37. The molecule has 2 atom stereocenters. The fraction of sp³-hybridized carbons (Fsp3) is 0.409. The maximum absolute atomic E-state index is 13.2. The normalized spacial score (nSPS) is 20.3. The fourth-order valence-corrected chi connectivity index (χ4v) is 4.11. The molecule has 7 heteroatoms. The van der Waals surface area contributed by atoms with Crippen LogP contribution in [0.15, 0.2) is 48.7 Å². The third kappa shape index (κ3) is 6.02. The highest BCUT2D eigenvalue weighted by Crippen LogP contribution is 2.26. The predicted octanol–water partition coefficient (Wildman–Crippen LogP) is 2.93. The Morgan fingerprint density at radius 1 is 1.24 bits per heavy atom. The van der Waals surface area contributed by atoms with E-state index in [4.69, 9.17) is 17.3 Å². The lowest BCUT2D eigenvalue weighted by Crippen LogP contribution is -2.58. The van der Waals surface area contributed by atoms with Crippen molar-refractivity contribution in [3.05, 3.63) is 64.9 Å². The number of aromatic nitrogens is 1. The van der Waals surface area contributed by atoms with Crippen LogP contribution in [-0.4, -0.2) is 45.5 Å². The van der Waals surface area contributed by atoms with Crippen LogP contribution >= 0.6 is 11.6 Å². The zero-order valence-corrected chi connectivity index (χ0v) is 17.0. The smallest absolute Gasteiger partial charge is 0.304 e. The number of hydrogen-bond acceptors (Lipinski definition) is 4. The zero-order chi connectivity index (χ0) is 20.9. The van der Waals surface area contributed by atoms with Gasteiger partial charge in [0.05, 0.1) is 12.3 Å². The second-order valence-electron chi connectivity index (χ2n) is 7.85. The molecule has 1 aromatic carbocycles. The summed E-state index contributed by atoms with van der Waals surface area (Å²) >= 11 is 5.96. The molecule has 6 nitrogen and oxygen atoms in total. The number of nitrogens with zero attached hydrogens (tertiary/aromatic N) is 2. The maximum Gasteiger partial charge on any atom is 0.304 e. The van der Waals surface area contributed by atoms with Gasteiger partial charge in [-0.25, -0.2) is 0 Å². The number of aliphatic carboxylic acids is 1. The van der Waals surface area contributed by atoms with E-state index in [0.29, 0.717) is 36.6 Å². The van der Waals surface area contributed by atoms with E-state index in [-0.39, 0.29) is 12.3 Å². The van der Waals surface area contributed by atoms with Gasteiger partial charge in [0.1, 0.15) is 0 Å². The van der Waals surface area contributed by atoms with Gasteiger partial charge in [0.15, 0.2) is 0 Å². The highest BCUT2D eigenvalue weighted by molar-refractivity contribution is 6.30. The van der Waals surface area contributed by atoms with E-state index in [1.165, 1.54) is 0 Å². The maximum atomic E-state index is 13.2. The van der Waals surface area contributed by atoms with Crippen molar-refractivity contribution < 1.29 is 14.7 Å². The monoisotopic (exact) mass is 415 g/mol. The molecule has 2 aromatic rings. The average molecular weight is 416 g/mol. The van der Waals surface area contributed by atoms with Crippen LogP contribution in [0, 0.1) is 5.92 Å². The quantitative estimate of drug-likeness (QED) is 0.724. The van der Waals surface area contributed by atoms with Crippen LogP contribution in [0.5, 0.6) is 0 Å². The molecule has 1 amide bonds. The molecular formula is C22H26ClN3O3. The van der Waals surface area contributed by atoms with Crippen LogP contribution < -0.4 is 5.73 Å². The summed E-state index contributed by atoms with van der Waals surface area (Å²) in [5, 5.41) is 9.97. The van der Waals surface area contributed by atoms with Crippen LogP contribution in [0.4, 0.5) is 0 Å². The Labute approximate surface area is 175 Å². The van der Waals surface area contributed by atoms with E-state index >= 15 is 0 Å². The number of rotatable bonds is 7. The molecule has 0 saturated carbocycles. The van der Waals surface area contributed by atoms with Crippen LogP contribution in [-0.2, 0) is 22.4 Å². The molecule has 3 N–H and O–H groups in total. The summed E-state index contributed by atoms with van der Waals surface area (Å²) in [6.45, 7) is 1.00. The van der Waals surface area contributed by atoms with Crippen molar-refractivity contribution in [2.75, 3.05) is 13.1 Å². The molecule has 29 heavy (non-hydrogen) atoms. The first-order valence-corrected chi connectivity index (χ1v) is 10.2. The van der Waals surface area contributed by atoms with Gasteiger partial charge in [-0.15, -0.1) is 0 Å². The molecule has 0 spiro atoms. The SMILES string of the molecule is N[C@@]1(Cc2ccc(Cl)cc2)CCCN(C(=O)[C@@H](CC(=O)O)Cc2ccccn2)C1. The summed E-state index contributed by atoms with van der Waals surface area (Å²) in [6.07, 6.45) is 3.97. The largest absolute Gasteiger partial charge is 0.481 e. The lowest BCUT2D eigenvalue weighted by Gasteiger charge is -2.41. The first-order valence-electron chi connectivity index (χ1n) is 9.78. The Bertz CT molecular complexity index is 844. The predicted molar refractivity (Wildman–Crippen MR) is 112 cm³/mol. The number of carbonyl (C=O) groups excluding carboxylic acids is 1. The molecular weight excluding hydrogens is 390 g/mol. The molecule has 2 heterocycles. The molecule has 3 rings (SSSR count). The van der Waals surface area contributed by atoms with Crippen LogP contribution in [0.1, 0.15) is 30.5 Å². The zero-order valence-electron chi connectivity index (χ0n) is 16.3. The third-order valence-electron chi connectivity index (χ3n) is 5.34. The Kier molecular flexibility index (Phi) is 6.87. The summed E-state index contributed by atoms with van der Waals surface area (Å²) in [7, 11) is 0. The lowest BCUT2D eigenvalue weighted by molar-refractivity contribution is -0.145. The van der Waals surface area contributed by atoms with Gasteiger partial charge in [-0.1, -0.05) is 29.8 Å². The van der Waals surface area contributed by atoms with Gasteiger partial charge in [-0.3, -0.25) is 14.6 Å².